The molecule has 0 fully saturated rings. The quantitative estimate of drug-likeness (QED) is 0.710. The number of anilines is 1. The summed E-state index contributed by atoms with van der Waals surface area (Å²) in [4.78, 5) is 6.09. The first kappa shape index (κ1) is 16.0. The van der Waals surface area contributed by atoms with Gasteiger partial charge in [0.25, 0.3) is 0 Å². The van der Waals surface area contributed by atoms with E-state index in [1.54, 1.807) is 0 Å². The third-order valence-corrected chi connectivity index (χ3v) is 3.49. The van der Waals surface area contributed by atoms with Crippen molar-refractivity contribution in [3.05, 3.63) is 66.1 Å². The number of nitrogens with zero attached hydrogens (tertiary/aromatic N) is 3. The topological polar surface area (TPSA) is 42.2 Å². The summed E-state index contributed by atoms with van der Waals surface area (Å²) in [6, 6.07) is 14.5. The molecule has 24 heavy (non-hydrogen) atoms. The summed E-state index contributed by atoms with van der Waals surface area (Å²) >= 11 is 0. The molecular formula is C17H14F3N3O. The van der Waals surface area contributed by atoms with Gasteiger partial charge in [-0.25, -0.2) is 0 Å². The van der Waals surface area contributed by atoms with Gasteiger partial charge in [0.1, 0.15) is 0 Å². The van der Waals surface area contributed by atoms with E-state index in [0.29, 0.717) is 12.4 Å². The van der Waals surface area contributed by atoms with Crippen LogP contribution in [0.2, 0.25) is 0 Å². The number of hydrogen-bond acceptors (Lipinski definition) is 4. The minimum atomic E-state index is -4.41. The molecule has 1 heterocycles. The Labute approximate surface area is 136 Å². The van der Waals surface area contributed by atoms with Gasteiger partial charge in [0.15, 0.2) is 0 Å². The molecule has 0 aliphatic heterocycles. The highest BCUT2D eigenvalue weighted by Crippen LogP contribution is 2.31. The van der Waals surface area contributed by atoms with Crippen molar-refractivity contribution < 1.29 is 17.7 Å². The Morgan fingerprint density at radius 1 is 1.04 bits per heavy atom. The summed E-state index contributed by atoms with van der Waals surface area (Å²) in [7, 11) is 1.86. The van der Waals surface area contributed by atoms with Crippen molar-refractivity contribution in [1.82, 2.24) is 10.1 Å². The minimum Gasteiger partial charge on any atom is -0.365 e. The van der Waals surface area contributed by atoms with Crippen LogP contribution in [-0.4, -0.2) is 17.2 Å². The van der Waals surface area contributed by atoms with E-state index in [0.717, 1.165) is 17.8 Å². The van der Waals surface area contributed by atoms with E-state index in [1.165, 1.54) is 12.1 Å². The molecule has 1 aromatic heterocycles. The molecular weight excluding hydrogens is 319 g/mol. The lowest BCUT2D eigenvalue weighted by molar-refractivity contribution is -0.137. The summed E-state index contributed by atoms with van der Waals surface area (Å²) in [5.41, 5.74) is 0.492. The monoisotopic (exact) mass is 333 g/mol. The van der Waals surface area contributed by atoms with E-state index in [9.17, 15) is 13.2 Å². The van der Waals surface area contributed by atoms with Crippen molar-refractivity contribution >= 4 is 5.69 Å². The van der Waals surface area contributed by atoms with Crippen LogP contribution in [0.5, 0.6) is 0 Å². The Balaban J connectivity index is 1.79. The number of halogens is 3. The number of alkyl halides is 3. The van der Waals surface area contributed by atoms with Crippen LogP contribution in [0.1, 0.15) is 11.5 Å². The van der Waals surface area contributed by atoms with E-state index in [1.807, 2.05) is 42.3 Å². The van der Waals surface area contributed by atoms with Gasteiger partial charge in [-0.1, -0.05) is 35.5 Å². The lowest BCUT2D eigenvalue weighted by atomic mass is 10.1. The second kappa shape index (κ2) is 6.35. The number of hydrogen-bond donors (Lipinski definition) is 0. The maximum atomic E-state index is 12.8. The lowest BCUT2D eigenvalue weighted by Crippen LogP contribution is -2.16. The van der Waals surface area contributed by atoms with Crippen LogP contribution in [0.4, 0.5) is 18.9 Å². The Kier molecular flexibility index (Phi) is 4.24. The SMILES string of the molecule is CN(Cc1nc(-c2cccc(C(F)(F)F)c2)no1)c1ccccc1. The van der Waals surface area contributed by atoms with Gasteiger partial charge in [-0.05, 0) is 24.3 Å². The highest BCUT2D eigenvalue weighted by molar-refractivity contribution is 5.56. The van der Waals surface area contributed by atoms with Crippen LogP contribution < -0.4 is 4.90 Å². The summed E-state index contributed by atoms with van der Waals surface area (Å²) in [5.74, 6) is 0.464. The molecule has 124 valence electrons. The molecule has 0 spiro atoms. The summed E-state index contributed by atoms with van der Waals surface area (Å²) in [6.07, 6.45) is -4.41. The molecule has 7 heteroatoms. The zero-order valence-corrected chi connectivity index (χ0v) is 12.8. The fraction of sp³-hybridized carbons (Fsp3) is 0.176. The van der Waals surface area contributed by atoms with Gasteiger partial charge >= 0.3 is 6.18 Å². The van der Waals surface area contributed by atoms with Crippen LogP contribution in [0.15, 0.2) is 59.1 Å². The van der Waals surface area contributed by atoms with Crippen molar-refractivity contribution in [2.75, 3.05) is 11.9 Å². The maximum absolute atomic E-state index is 12.8. The second-order valence-corrected chi connectivity index (χ2v) is 5.28. The number of rotatable bonds is 4. The van der Waals surface area contributed by atoms with Crippen LogP contribution in [0, 0.1) is 0 Å². The van der Waals surface area contributed by atoms with E-state index in [4.69, 9.17) is 4.52 Å². The molecule has 0 saturated carbocycles. The van der Waals surface area contributed by atoms with Gasteiger partial charge in [-0.2, -0.15) is 18.2 Å². The molecule has 0 aliphatic rings. The standard InChI is InChI=1S/C17H14F3N3O/c1-23(14-8-3-2-4-9-14)11-15-21-16(22-24-15)12-6-5-7-13(10-12)17(18,19)20/h2-10H,11H2,1H3. The van der Waals surface area contributed by atoms with E-state index >= 15 is 0 Å². The van der Waals surface area contributed by atoms with Crippen LogP contribution in [0.3, 0.4) is 0 Å². The fourth-order valence-electron chi connectivity index (χ4n) is 2.25. The number of aromatic nitrogens is 2. The molecule has 3 rings (SSSR count). The summed E-state index contributed by atoms with van der Waals surface area (Å²) in [5, 5.41) is 3.78. The zero-order valence-electron chi connectivity index (χ0n) is 12.8. The maximum Gasteiger partial charge on any atom is 0.416 e. The van der Waals surface area contributed by atoms with Crippen molar-refractivity contribution in [2.24, 2.45) is 0 Å². The molecule has 0 radical (unpaired) electrons. The van der Waals surface area contributed by atoms with Gasteiger partial charge < -0.3 is 9.42 Å². The highest BCUT2D eigenvalue weighted by atomic mass is 19.4. The Morgan fingerprint density at radius 2 is 1.79 bits per heavy atom. The van der Waals surface area contributed by atoms with E-state index < -0.39 is 11.7 Å². The average molecular weight is 333 g/mol. The normalized spacial score (nSPS) is 11.5. The van der Waals surface area contributed by atoms with Crippen molar-refractivity contribution in [3.8, 4) is 11.4 Å². The molecule has 4 nitrogen and oxygen atoms in total. The summed E-state index contributed by atoms with van der Waals surface area (Å²) < 4.78 is 43.5. The fourth-order valence-corrected chi connectivity index (χ4v) is 2.25. The Morgan fingerprint density at radius 3 is 2.50 bits per heavy atom. The molecule has 0 N–H and O–H groups in total. The summed E-state index contributed by atoms with van der Waals surface area (Å²) in [6.45, 7) is 0.357. The Hall–Kier alpha value is -2.83. The predicted octanol–water partition coefficient (Wildman–Crippen LogP) is 4.39. The second-order valence-electron chi connectivity index (χ2n) is 5.28. The van der Waals surface area contributed by atoms with Crippen LogP contribution in [-0.2, 0) is 12.7 Å². The third kappa shape index (κ3) is 3.56. The zero-order chi connectivity index (χ0) is 17.2. The minimum absolute atomic E-state index is 0.137. The lowest BCUT2D eigenvalue weighted by Gasteiger charge is -2.16. The smallest absolute Gasteiger partial charge is 0.365 e. The van der Waals surface area contributed by atoms with E-state index in [2.05, 4.69) is 10.1 Å². The van der Waals surface area contributed by atoms with Gasteiger partial charge in [0, 0.05) is 18.3 Å². The van der Waals surface area contributed by atoms with Gasteiger partial charge in [0.05, 0.1) is 12.1 Å². The Bertz CT molecular complexity index is 815. The third-order valence-electron chi connectivity index (χ3n) is 3.49. The molecule has 3 aromatic rings. The van der Waals surface area contributed by atoms with Gasteiger partial charge in [0.2, 0.25) is 11.7 Å². The first-order valence-corrected chi connectivity index (χ1v) is 7.20. The van der Waals surface area contributed by atoms with Gasteiger partial charge in [-0.15, -0.1) is 0 Å². The molecule has 0 atom stereocenters. The predicted molar refractivity (Wildman–Crippen MR) is 83.3 cm³/mol. The number of benzene rings is 2. The van der Waals surface area contributed by atoms with Crippen LogP contribution in [0.25, 0.3) is 11.4 Å². The molecule has 2 aromatic carbocycles. The van der Waals surface area contributed by atoms with Crippen molar-refractivity contribution in [1.29, 1.82) is 0 Å². The molecule has 0 amide bonds. The molecule has 0 saturated heterocycles. The highest BCUT2D eigenvalue weighted by Gasteiger charge is 2.30. The van der Waals surface area contributed by atoms with E-state index in [-0.39, 0.29) is 11.4 Å². The van der Waals surface area contributed by atoms with Crippen molar-refractivity contribution in [3.63, 3.8) is 0 Å². The first-order valence-electron chi connectivity index (χ1n) is 7.20. The van der Waals surface area contributed by atoms with Crippen molar-refractivity contribution in [2.45, 2.75) is 12.7 Å². The largest absolute Gasteiger partial charge is 0.416 e. The average Bonchev–Trinajstić information content (AvgIpc) is 3.03. The first-order chi connectivity index (χ1) is 11.4. The molecule has 0 aliphatic carbocycles. The van der Waals surface area contributed by atoms with Gasteiger partial charge in [-0.3, -0.25) is 0 Å². The van der Waals surface area contributed by atoms with Crippen LogP contribution >= 0.6 is 0 Å². The molecule has 0 unspecified atom stereocenters. The molecule has 0 bridgehead atoms. The number of para-hydroxylation sites is 1.